The van der Waals surface area contributed by atoms with Gasteiger partial charge >= 0.3 is 6.18 Å². The molecule has 1 aliphatic rings. The number of carbonyl (C=O) groups is 1. The van der Waals surface area contributed by atoms with E-state index in [9.17, 15) is 18.0 Å². The number of carbonyl (C=O) groups excluding carboxylic acids is 1. The summed E-state index contributed by atoms with van der Waals surface area (Å²) in [6, 6.07) is 7.58. The van der Waals surface area contributed by atoms with Gasteiger partial charge in [-0.15, -0.1) is 0 Å². The standard InChI is InChI=1S/C22H26BrF3N6O/c1-3-30(4-2)11-12-31-16-8-6-5-7-15(16)27-21(31)28-17(33)13-32-19(14-9-10-14)18(23)20(29-32)22(24,25)26/h5-8,14H,3-4,9-13H2,1-2H3,(H,27,28,33). The van der Waals surface area contributed by atoms with Crippen LogP contribution < -0.4 is 5.32 Å². The summed E-state index contributed by atoms with van der Waals surface area (Å²) in [5.74, 6) is -0.113. The molecule has 3 aromatic rings. The van der Waals surface area contributed by atoms with E-state index in [4.69, 9.17) is 0 Å². The van der Waals surface area contributed by atoms with E-state index < -0.39 is 17.8 Å². The molecule has 1 aromatic carbocycles. The van der Waals surface area contributed by atoms with E-state index in [-0.39, 0.29) is 16.9 Å². The smallest absolute Gasteiger partial charge is 0.309 e. The number of imidazole rings is 1. The van der Waals surface area contributed by atoms with Crippen molar-refractivity contribution in [3.63, 3.8) is 0 Å². The third-order valence-electron chi connectivity index (χ3n) is 5.90. The van der Waals surface area contributed by atoms with Gasteiger partial charge in [0.05, 0.1) is 21.2 Å². The second-order valence-electron chi connectivity index (χ2n) is 8.13. The van der Waals surface area contributed by atoms with Crippen molar-refractivity contribution in [3.8, 4) is 0 Å². The average molecular weight is 527 g/mol. The molecule has 1 saturated carbocycles. The predicted octanol–water partition coefficient (Wildman–Crippen LogP) is 4.87. The molecule has 0 atom stereocenters. The zero-order chi connectivity index (χ0) is 23.8. The van der Waals surface area contributed by atoms with Gasteiger partial charge in [-0.3, -0.25) is 14.8 Å². The maximum Gasteiger partial charge on any atom is 0.436 e. The van der Waals surface area contributed by atoms with Gasteiger partial charge in [-0.05, 0) is 54.0 Å². The minimum absolute atomic E-state index is 0.0191. The van der Waals surface area contributed by atoms with Crippen LogP contribution in [0.15, 0.2) is 28.7 Å². The van der Waals surface area contributed by atoms with Crippen LogP contribution in [0.25, 0.3) is 11.0 Å². The van der Waals surface area contributed by atoms with Gasteiger partial charge in [0.2, 0.25) is 11.9 Å². The quantitative estimate of drug-likeness (QED) is 0.431. The first-order chi connectivity index (χ1) is 15.7. The van der Waals surface area contributed by atoms with Gasteiger partial charge in [0, 0.05) is 19.0 Å². The fourth-order valence-corrected chi connectivity index (χ4v) is 4.81. The lowest BCUT2D eigenvalue weighted by Gasteiger charge is -2.19. The lowest BCUT2D eigenvalue weighted by atomic mass is 10.2. The molecule has 0 bridgehead atoms. The number of benzene rings is 1. The highest BCUT2D eigenvalue weighted by molar-refractivity contribution is 9.10. The summed E-state index contributed by atoms with van der Waals surface area (Å²) in [4.78, 5) is 19.7. The van der Waals surface area contributed by atoms with Gasteiger partial charge in [0.15, 0.2) is 5.69 Å². The Morgan fingerprint density at radius 1 is 1.24 bits per heavy atom. The highest BCUT2D eigenvalue weighted by Crippen LogP contribution is 2.46. The second kappa shape index (κ2) is 9.46. The van der Waals surface area contributed by atoms with Crippen LogP contribution in [-0.4, -0.2) is 49.8 Å². The van der Waals surface area contributed by atoms with Crippen LogP contribution >= 0.6 is 15.9 Å². The largest absolute Gasteiger partial charge is 0.436 e. The molecule has 33 heavy (non-hydrogen) atoms. The van der Waals surface area contributed by atoms with Gasteiger partial charge in [0.25, 0.3) is 0 Å². The van der Waals surface area contributed by atoms with Crippen molar-refractivity contribution in [3.05, 3.63) is 40.1 Å². The predicted molar refractivity (Wildman–Crippen MR) is 123 cm³/mol. The first-order valence-electron chi connectivity index (χ1n) is 11.0. The van der Waals surface area contributed by atoms with E-state index in [1.165, 1.54) is 4.68 Å². The lowest BCUT2D eigenvalue weighted by molar-refractivity contribution is -0.142. The minimum atomic E-state index is -4.59. The highest BCUT2D eigenvalue weighted by atomic mass is 79.9. The zero-order valence-electron chi connectivity index (χ0n) is 18.5. The van der Waals surface area contributed by atoms with Gasteiger partial charge in [-0.25, -0.2) is 4.98 Å². The van der Waals surface area contributed by atoms with E-state index in [1.807, 2.05) is 28.8 Å². The Hall–Kier alpha value is -2.40. The molecule has 7 nitrogen and oxygen atoms in total. The SMILES string of the molecule is CCN(CC)CCn1c(NC(=O)Cn2nc(C(F)(F)F)c(Br)c2C2CC2)nc2ccccc21. The number of para-hydroxylation sites is 2. The number of nitrogens with zero attached hydrogens (tertiary/aromatic N) is 5. The first-order valence-corrected chi connectivity index (χ1v) is 11.8. The van der Waals surface area contributed by atoms with Crippen molar-refractivity contribution in [1.29, 1.82) is 0 Å². The maximum absolute atomic E-state index is 13.4. The highest BCUT2D eigenvalue weighted by Gasteiger charge is 2.42. The Bertz CT molecular complexity index is 1150. The molecule has 11 heteroatoms. The normalized spacial score (nSPS) is 14.4. The van der Waals surface area contributed by atoms with Gasteiger partial charge in [0.1, 0.15) is 6.54 Å². The number of aromatic nitrogens is 4. The number of fused-ring (bicyclic) bond motifs is 1. The van der Waals surface area contributed by atoms with Crippen molar-refractivity contribution in [2.24, 2.45) is 0 Å². The molecule has 2 aromatic heterocycles. The fraction of sp³-hybridized carbons (Fsp3) is 0.500. The van der Waals surface area contributed by atoms with Crippen molar-refractivity contribution in [2.75, 3.05) is 25.0 Å². The molecular formula is C22H26BrF3N6O. The van der Waals surface area contributed by atoms with Crippen molar-refractivity contribution < 1.29 is 18.0 Å². The van der Waals surface area contributed by atoms with E-state index in [0.29, 0.717) is 18.2 Å². The number of amides is 1. The van der Waals surface area contributed by atoms with E-state index in [1.54, 1.807) is 0 Å². The summed E-state index contributed by atoms with van der Waals surface area (Å²) in [5, 5.41) is 6.52. The number of anilines is 1. The monoisotopic (exact) mass is 526 g/mol. The third-order valence-corrected chi connectivity index (χ3v) is 6.68. The Labute approximate surface area is 198 Å². The Morgan fingerprint density at radius 3 is 2.58 bits per heavy atom. The average Bonchev–Trinajstić information content (AvgIpc) is 3.46. The van der Waals surface area contributed by atoms with E-state index in [2.05, 4.69) is 50.1 Å². The lowest BCUT2D eigenvalue weighted by Crippen LogP contribution is -2.28. The van der Waals surface area contributed by atoms with Crippen LogP contribution in [0.1, 0.15) is 44.0 Å². The number of rotatable bonds is 9. The topological polar surface area (TPSA) is 68.0 Å². The van der Waals surface area contributed by atoms with Crippen molar-refractivity contribution >= 4 is 38.8 Å². The summed E-state index contributed by atoms with van der Waals surface area (Å²) < 4.78 is 43.1. The van der Waals surface area contributed by atoms with Crippen LogP contribution in [0.5, 0.6) is 0 Å². The number of halogens is 4. The zero-order valence-corrected chi connectivity index (χ0v) is 20.1. The molecule has 4 rings (SSSR count). The summed E-state index contributed by atoms with van der Waals surface area (Å²) >= 11 is 3.06. The van der Waals surface area contributed by atoms with Crippen molar-refractivity contribution in [2.45, 2.75) is 51.9 Å². The van der Waals surface area contributed by atoms with Crippen LogP contribution in [0.4, 0.5) is 19.1 Å². The summed E-state index contributed by atoms with van der Waals surface area (Å²) in [7, 11) is 0. The van der Waals surface area contributed by atoms with Crippen LogP contribution in [0.3, 0.4) is 0 Å². The fourth-order valence-electron chi connectivity index (χ4n) is 3.98. The Morgan fingerprint density at radius 2 is 1.94 bits per heavy atom. The molecule has 1 N–H and O–H groups in total. The molecular weight excluding hydrogens is 501 g/mol. The van der Waals surface area contributed by atoms with E-state index in [0.717, 1.165) is 43.5 Å². The van der Waals surface area contributed by atoms with Crippen LogP contribution in [0.2, 0.25) is 0 Å². The number of alkyl halides is 3. The number of hydrogen-bond acceptors (Lipinski definition) is 4. The Kier molecular flexibility index (Phi) is 6.81. The van der Waals surface area contributed by atoms with Gasteiger partial charge < -0.3 is 9.47 Å². The molecule has 1 fully saturated rings. The Balaban J connectivity index is 1.58. The number of hydrogen-bond donors (Lipinski definition) is 1. The van der Waals surface area contributed by atoms with E-state index >= 15 is 0 Å². The first kappa shape index (κ1) is 23.7. The summed E-state index contributed by atoms with van der Waals surface area (Å²) in [5.41, 5.74) is 1.06. The molecule has 1 aliphatic carbocycles. The van der Waals surface area contributed by atoms with Gasteiger partial charge in [-0.2, -0.15) is 18.3 Å². The molecule has 0 saturated heterocycles. The van der Waals surface area contributed by atoms with Gasteiger partial charge in [-0.1, -0.05) is 26.0 Å². The van der Waals surface area contributed by atoms with Crippen LogP contribution in [-0.2, 0) is 24.1 Å². The molecule has 0 radical (unpaired) electrons. The van der Waals surface area contributed by atoms with Crippen LogP contribution in [0, 0.1) is 0 Å². The molecule has 1 amide bonds. The molecule has 0 unspecified atom stereocenters. The third kappa shape index (κ3) is 5.08. The number of likely N-dealkylation sites (N-methyl/N-ethyl adjacent to an activating group) is 1. The molecule has 0 spiro atoms. The minimum Gasteiger partial charge on any atom is -0.309 e. The summed E-state index contributed by atoms with van der Waals surface area (Å²) in [6.45, 7) is 7.08. The molecule has 0 aliphatic heterocycles. The van der Waals surface area contributed by atoms with Crippen molar-refractivity contribution in [1.82, 2.24) is 24.2 Å². The number of nitrogens with one attached hydrogen (secondary N) is 1. The second-order valence-corrected chi connectivity index (χ2v) is 8.92. The molecule has 2 heterocycles. The summed E-state index contributed by atoms with van der Waals surface area (Å²) in [6.07, 6.45) is -3.03. The molecule has 178 valence electrons. The maximum atomic E-state index is 13.4.